The highest BCUT2D eigenvalue weighted by molar-refractivity contribution is 5.77. The van der Waals surface area contributed by atoms with Crippen molar-refractivity contribution in [3.63, 3.8) is 0 Å². The van der Waals surface area contributed by atoms with E-state index in [4.69, 9.17) is 9.47 Å². The van der Waals surface area contributed by atoms with E-state index in [0.717, 1.165) is 18.1 Å². The van der Waals surface area contributed by atoms with Crippen LogP contribution in [0.15, 0.2) is 67.0 Å². The summed E-state index contributed by atoms with van der Waals surface area (Å²) in [5.74, 6) is 2.20. The second-order valence-electron chi connectivity index (χ2n) is 6.25. The monoisotopic (exact) mass is 379 g/mol. The molecule has 0 aliphatic carbocycles. The number of nitrogens with one attached hydrogen (secondary N) is 1. The molecule has 1 N–H and O–H groups in total. The lowest BCUT2D eigenvalue weighted by Crippen LogP contribution is -2.31. The van der Waals surface area contributed by atoms with Crippen molar-refractivity contribution in [2.75, 3.05) is 19.8 Å². The van der Waals surface area contributed by atoms with Gasteiger partial charge in [-0.2, -0.15) is 0 Å². The minimum Gasteiger partial charge on any atom is -0.494 e. The summed E-state index contributed by atoms with van der Waals surface area (Å²) in [6.07, 6.45) is 4.41. The highest BCUT2D eigenvalue weighted by atomic mass is 16.5. The number of ether oxygens (including phenoxy) is 2. The van der Waals surface area contributed by atoms with Crippen LogP contribution in [-0.4, -0.2) is 35.2 Å². The van der Waals surface area contributed by atoms with Gasteiger partial charge in [0.15, 0.2) is 6.61 Å². The fourth-order valence-corrected chi connectivity index (χ4v) is 2.80. The molecule has 0 spiro atoms. The van der Waals surface area contributed by atoms with Crippen molar-refractivity contribution >= 4 is 5.91 Å². The van der Waals surface area contributed by atoms with Crippen molar-refractivity contribution in [2.24, 2.45) is 0 Å². The van der Waals surface area contributed by atoms with E-state index in [1.165, 1.54) is 5.56 Å². The lowest BCUT2D eigenvalue weighted by atomic mass is 10.2. The smallest absolute Gasteiger partial charge is 0.257 e. The molecule has 0 radical (unpaired) electrons. The predicted molar refractivity (Wildman–Crippen MR) is 108 cm³/mol. The number of imidazole rings is 1. The van der Waals surface area contributed by atoms with Crippen molar-refractivity contribution in [3.05, 3.63) is 78.4 Å². The van der Waals surface area contributed by atoms with Crippen LogP contribution in [0.3, 0.4) is 0 Å². The minimum absolute atomic E-state index is 0.0214. The Morgan fingerprint density at radius 3 is 2.46 bits per heavy atom. The SMILES string of the molecule is CCOc1ccc(OCC(=O)NCCc2nccn2Cc2ccccc2)cc1. The van der Waals surface area contributed by atoms with Gasteiger partial charge >= 0.3 is 0 Å². The van der Waals surface area contributed by atoms with Crippen molar-refractivity contribution in [2.45, 2.75) is 19.9 Å². The summed E-state index contributed by atoms with van der Waals surface area (Å²) in [5.41, 5.74) is 1.22. The van der Waals surface area contributed by atoms with Crippen LogP contribution < -0.4 is 14.8 Å². The number of rotatable bonds is 10. The van der Waals surface area contributed by atoms with Gasteiger partial charge in [-0.05, 0) is 36.8 Å². The average molecular weight is 379 g/mol. The van der Waals surface area contributed by atoms with E-state index in [9.17, 15) is 4.79 Å². The molecule has 6 heteroatoms. The molecule has 0 aliphatic rings. The van der Waals surface area contributed by atoms with Crippen molar-refractivity contribution < 1.29 is 14.3 Å². The molecule has 0 saturated carbocycles. The Bertz CT molecular complexity index is 860. The van der Waals surface area contributed by atoms with Gasteiger partial charge in [-0.25, -0.2) is 4.98 Å². The van der Waals surface area contributed by atoms with Gasteiger partial charge in [0.1, 0.15) is 17.3 Å². The highest BCUT2D eigenvalue weighted by Crippen LogP contribution is 2.17. The first-order valence-electron chi connectivity index (χ1n) is 9.41. The van der Waals surface area contributed by atoms with E-state index in [1.807, 2.05) is 43.5 Å². The maximum absolute atomic E-state index is 12.0. The molecule has 0 atom stereocenters. The predicted octanol–water partition coefficient (Wildman–Crippen LogP) is 3.07. The van der Waals surface area contributed by atoms with Gasteiger partial charge in [-0.15, -0.1) is 0 Å². The van der Waals surface area contributed by atoms with Crippen LogP contribution in [0.2, 0.25) is 0 Å². The standard InChI is InChI=1S/C22H25N3O3/c1-2-27-19-8-10-20(11-9-19)28-17-22(26)24-13-12-21-23-14-15-25(21)16-18-6-4-3-5-7-18/h3-11,14-15H,2,12-13,16-17H2,1H3,(H,24,26). The molecule has 1 aromatic heterocycles. The molecule has 3 rings (SSSR count). The second kappa shape index (κ2) is 10.2. The number of nitrogens with zero attached hydrogens (tertiary/aromatic N) is 2. The molecule has 1 heterocycles. The maximum atomic E-state index is 12.0. The van der Waals surface area contributed by atoms with Crippen molar-refractivity contribution in [1.82, 2.24) is 14.9 Å². The van der Waals surface area contributed by atoms with Gasteiger partial charge < -0.3 is 19.4 Å². The summed E-state index contributed by atoms with van der Waals surface area (Å²) < 4.78 is 13.0. The lowest BCUT2D eigenvalue weighted by Gasteiger charge is -2.10. The van der Waals surface area contributed by atoms with E-state index in [1.54, 1.807) is 18.3 Å². The third-order valence-corrected chi connectivity index (χ3v) is 4.17. The van der Waals surface area contributed by atoms with Crippen LogP contribution in [0, 0.1) is 0 Å². The van der Waals surface area contributed by atoms with Gasteiger partial charge in [0.05, 0.1) is 6.61 Å². The van der Waals surface area contributed by atoms with Crippen LogP contribution >= 0.6 is 0 Å². The molecule has 0 unspecified atom stereocenters. The Balaban J connectivity index is 1.40. The quantitative estimate of drug-likeness (QED) is 0.588. The topological polar surface area (TPSA) is 65.4 Å². The highest BCUT2D eigenvalue weighted by Gasteiger charge is 2.06. The van der Waals surface area contributed by atoms with E-state index < -0.39 is 0 Å². The Morgan fingerprint density at radius 2 is 1.75 bits per heavy atom. The van der Waals surface area contributed by atoms with Crippen LogP contribution in [0.1, 0.15) is 18.3 Å². The first-order valence-corrected chi connectivity index (χ1v) is 9.41. The Hall–Kier alpha value is -3.28. The Labute approximate surface area is 165 Å². The molecule has 0 saturated heterocycles. The van der Waals surface area contributed by atoms with Crippen molar-refractivity contribution in [3.8, 4) is 11.5 Å². The molecular weight excluding hydrogens is 354 g/mol. The molecule has 3 aromatic rings. The average Bonchev–Trinajstić information content (AvgIpc) is 3.15. The summed E-state index contributed by atoms with van der Waals surface area (Å²) in [5, 5.41) is 2.87. The van der Waals surface area contributed by atoms with Crippen LogP contribution in [0.5, 0.6) is 11.5 Å². The summed E-state index contributed by atoms with van der Waals surface area (Å²) in [6.45, 7) is 3.81. The third kappa shape index (κ3) is 5.87. The number of amides is 1. The first kappa shape index (κ1) is 19.5. The molecule has 1 amide bonds. The number of hydrogen-bond acceptors (Lipinski definition) is 4. The fraction of sp³-hybridized carbons (Fsp3) is 0.273. The molecule has 0 fully saturated rings. The van der Waals surface area contributed by atoms with E-state index >= 15 is 0 Å². The van der Waals surface area contributed by atoms with Gasteiger partial charge in [-0.1, -0.05) is 30.3 Å². The molecule has 2 aromatic carbocycles. The zero-order valence-corrected chi connectivity index (χ0v) is 16.0. The Morgan fingerprint density at radius 1 is 1.04 bits per heavy atom. The number of hydrogen-bond donors (Lipinski definition) is 1. The zero-order valence-electron chi connectivity index (χ0n) is 16.0. The van der Waals surface area contributed by atoms with Crippen LogP contribution in [-0.2, 0) is 17.8 Å². The molecule has 6 nitrogen and oxygen atoms in total. The second-order valence-corrected chi connectivity index (χ2v) is 6.25. The number of benzene rings is 2. The van der Waals surface area contributed by atoms with E-state index in [0.29, 0.717) is 25.3 Å². The molecular formula is C22H25N3O3. The zero-order chi connectivity index (χ0) is 19.6. The minimum atomic E-state index is -0.157. The number of carbonyl (C=O) groups excluding carboxylic acids is 1. The van der Waals surface area contributed by atoms with Gasteiger partial charge in [0.2, 0.25) is 0 Å². The largest absolute Gasteiger partial charge is 0.494 e. The molecule has 146 valence electrons. The maximum Gasteiger partial charge on any atom is 0.257 e. The van der Waals surface area contributed by atoms with Crippen LogP contribution in [0.4, 0.5) is 0 Å². The number of carbonyl (C=O) groups is 1. The summed E-state index contributed by atoms with van der Waals surface area (Å²) in [6, 6.07) is 17.5. The number of aromatic nitrogens is 2. The van der Waals surface area contributed by atoms with Gasteiger partial charge in [-0.3, -0.25) is 4.79 Å². The van der Waals surface area contributed by atoms with Gasteiger partial charge in [0.25, 0.3) is 5.91 Å². The first-order chi connectivity index (χ1) is 13.7. The third-order valence-electron chi connectivity index (χ3n) is 4.17. The summed E-state index contributed by atoms with van der Waals surface area (Å²) >= 11 is 0. The molecule has 28 heavy (non-hydrogen) atoms. The Kier molecular flexibility index (Phi) is 7.07. The lowest BCUT2D eigenvalue weighted by molar-refractivity contribution is -0.123. The van der Waals surface area contributed by atoms with Crippen LogP contribution in [0.25, 0.3) is 0 Å². The normalized spacial score (nSPS) is 10.5. The van der Waals surface area contributed by atoms with Gasteiger partial charge in [0, 0.05) is 31.9 Å². The molecule has 0 bridgehead atoms. The van der Waals surface area contributed by atoms with E-state index in [-0.39, 0.29) is 12.5 Å². The molecule has 0 aliphatic heterocycles. The fourth-order valence-electron chi connectivity index (χ4n) is 2.80. The van der Waals surface area contributed by atoms with Crippen molar-refractivity contribution in [1.29, 1.82) is 0 Å². The summed E-state index contributed by atoms with van der Waals surface area (Å²) in [7, 11) is 0. The van der Waals surface area contributed by atoms with E-state index in [2.05, 4.69) is 27.0 Å². The summed E-state index contributed by atoms with van der Waals surface area (Å²) in [4.78, 5) is 16.4.